The van der Waals surface area contributed by atoms with Gasteiger partial charge < -0.3 is 15.2 Å². The minimum absolute atomic E-state index is 0. The van der Waals surface area contributed by atoms with Gasteiger partial charge in [0.2, 0.25) is 0 Å². The number of nitrogens with one attached hydrogen (secondary N) is 1. The zero-order valence-electron chi connectivity index (χ0n) is 9.28. The predicted octanol–water partition coefficient (Wildman–Crippen LogP) is -2.48. The molecule has 1 heterocycles. The third-order valence-electron chi connectivity index (χ3n) is 1.65. The van der Waals surface area contributed by atoms with Crippen LogP contribution in [-0.4, -0.2) is 17.5 Å². The van der Waals surface area contributed by atoms with E-state index in [0.29, 0.717) is 11.7 Å². The average Bonchev–Trinajstić information content (AvgIpc) is 2.15. The zero-order chi connectivity index (χ0) is 10.6. The van der Waals surface area contributed by atoms with E-state index < -0.39 is 5.97 Å². The first-order chi connectivity index (χ1) is 6.59. The minimum Gasteiger partial charge on any atom is -0.543 e. The van der Waals surface area contributed by atoms with Crippen molar-refractivity contribution >= 4 is 11.8 Å². The number of aromatic carboxylic acids is 1. The maximum Gasteiger partial charge on any atom is 1.00 e. The van der Waals surface area contributed by atoms with Crippen LogP contribution in [0.5, 0.6) is 0 Å². The van der Waals surface area contributed by atoms with E-state index in [1.807, 2.05) is 0 Å². The molecule has 0 fully saturated rings. The summed E-state index contributed by atoms with van der Waals surface area (Å²) >= 11 is 0. The van der Waals surface area contributed by atoms with Gasteiger partial charge >= 0.3 is 51.4 Å². The molecule has 0 aliphatic rings. The molecule has 1 aromatic heterocycles. The molecule has 0 bridgehead atoms. The summed E-state index contributed by atoms with van der Waals surface area (Å²) < 4.78 is 0. The van der Waals surface area contributed by atoms with Crippen molar-refractivity contribution in [1.82, 2.24) is 4.98 Å². The normalized spacial score (nSPS) is 9.53. The van der Waals surface area contributed by atoms with Crippen molar-refractivity contribution in [3.05, 3.63) is 23.9 Å². The van der Waals surface area contributed by atoms with Gasteiger partial charge in [0, 0.05) is 6.54 Å². The van der Waals surface area contributed by atoms with Gasteiger partial charge in [0.1, 0.15) is 5.82 Å². The number of anilines is 1. The Bertz CT molecular complexity index is 329. The molecule has 0 amide bonds. The van der Waals surface area contributed by atoms with Crippen molar-refractivity contribution in [3.63, 3.8) is 0 Å². The molecule has 1 N–H and O–H groups in total. The number of pyridine rings is 1. The second kappa shape index (κ2) is 7.35. The number of carbonyl (C=O) groups excluding carboxylic acids is 1. The Kier molecular flexibility index (Phi) is 7.38. The van der Waals surface area contributed by atoms with E-state index in [0.717, 1.165) is 6.54 Å². The van der Waals surface area contributed by atoms with Gasteiger partial charge in [-0.15, -0.1) is 0 Å². The fourth-order valence-electron chi connectivity index (χ4n) is 0.956. The fourth-order valence-corrected chi connectivity index (χ4v) is 0.956. The molecular weight excluding hydrogens is 219 g/mol. The minimum atomic E-state index is -1.25. The first-order valence-electron chi connectivity index (χ1n) is 4.52. The molecular formula is C10H13KN2O2. The first-order valence-corrected chi connectivity index (χ1v) is 4.52. The largest absolute Gasteiger partial charge is 1.00 e. The fraction of sp³-hybridized carbons (Fsp3) is 0.400. The van der Waals surface area contributed by atoms with Crippen molar-refractivity contribution in [2.75, 3.05) is 11.9 Å². The van der Waals surface area contributed by atoms with Crippen LogP contribution >= 0.6 is 0 Å². The predicted molar refractivity (Wildman–Crippen MR) is 51.9 cm³/mol. The molecule has 0 radical (unpaired) electrons. The monoisotopic (exact) mass is 232 g/mol. The second-order valence-corrected chi connectivity index (χ2v) is 3.47. The molecule has 0 saturated heterocycles. The van der Waals surface area contributed by atoms with Crippen LogP contribution in [0.2, 0.25) is 0 Å². The van der Waals surface area contributed by atoms with Crippen LogP contribution in [-0.2, 0) is 0 Å². The molecule has 15 heavy (non-hydrogen) atoms. The van der Waals surface area contributed by atoms with Crippen LogP contribution in [0.1, 0.15) is 24.3 Å². The van der Waals surface area contributed by atoms with Crippen LogP contribution in [0, 0.1) is 5.92 Å². The average molecular weight is 232 g/mol. The Balaban J connectivity index is 0.00000196. The third kappa shape index (κ3) is 5.63. The Labute approximate surface area is 132 Å². The standard InChI is InChI=1S/C10H14N2O2.K/c1-7(2)6-11-9-5-3-4-8(12-9)10(13)14;/h3-5,7H,6H2,1-2H3,(H,11,12)(H,13,14);/q;+1/p-1. The quantitative estimate of drug-likeness (QED) is 0.584. The number of aromatic nitrogens is 1. The van der Waals surface area contributed by atoms with E-state index in [-0.39, 0.29) is 57.1 Å². The smallest absolute Gasteiger partial charge is 0.543 e. The van der Waals surface area contributed by atoms with Gasteiger partial charge in [0.25, 0.3) is 0 Å². The number of hydrogen-bond donors (Lipinski definition) is 1. The molecule has 1 rings (SSSR count). The van der Waals surface area contributed by atoms with E-state index in [1.165, 1.54) is 6.07 Å². The Morgan fingerprint density at radius 1 is 1.53 bits per heavy atom. The summed E-state index contributed by atoms with van der Waals surface area (Å²) in [5.74, 6) is -0.193. The van der Waals surface area contributed by atoms with Gasteiger partial charge in [0.15, 0.2) is 0 Å². The number of rotatable bonds is 4. The van der Waals surface area contributed by atoms with E-state index in [1.54, 1.807) is 12.1 Å². The zero-order valence-corrected chi connectivity index (χ0v) is 12.4. The SMILES string of the molecule is CC(C)CNc1cccc(C(=O)[O-])n1.[K+]. The van der Waals surface area contributed by atoms with Crippen LogP contribution in [0.3, 0.4) is 0 Å². The molecule has 0 saturated carbocycles. The van der Waals surface area contributed by atoms with Crippen LogP contribution in [0.25, 0.3) is 0 Å². The Hall–Kier alpha value is 0.0564. The molecule has 76 valence electrons. The van der Waals surface area contributed by atoms with Crippen molar-refractivity contribution in [3.8, 4) is 0 Å². The van der Waals surface area contributed by atoms with E-state index in [2.05, 4.69) is 24.1 Å². The molecule has 0 unspecified atom stereocenters. The molecule has 0 aromatic carbocycles. The summed E-state index contributed by atoms with van der Waals surface area (Å²) in [6.07, 6.45) is 0. The van der Waals surface area contributed by atoms with Gasteiger partial charge in [-0.1, -0.05) is 19.9 Å². The summed E-state index contributed by atoms with van der Waals surface area (Å²) in [5, 5.41) is 13.5. The number of nitrogens with zero attached hydrogens (tertiary/aromatic N) is 1. The summed E-state index contributed by atoms with van der Waals surface area (Å²) in [6, 6.07) is 4.78. The number of carboxylic acids is 1. The van der Waals surface area contributed by atoms with Crippen LogP contribution in [0.4, 0.5) is 5.82 Å². The molecule has 5 heteroatoms. The van der Waals surface area contributed by atoms with E-state index >= 15 is 0 Å². The Morgan fingerprint density at radius 2 is 2.20 bits per heavy atom. The van der Waals surface area contributed by atoms with Gasteiger partial charge in [-0.05, 0) is 18.1 Å². The van der Waals surface area contributed by atoms with Gasteiger partial charge in [-0.3, -0.25) is 0 Å². The number of hydrogen-bond acceptors (Lipinski definition) is 4. The van der Waals surface area contributed by atoms with E-state index in [4.69, 9.17) is 0 Å². The van der Waals surface area contributed by atoms with Crippen LogP contribution < -0.4 is 61.8 Å². The van der Waals surface area contributed by atoms with Gasteiger partial charge in [0.05, 0.1) is 11.7 Å². The van der Waals surface area contributed by atoms with Crippen molar-refractivity contribution in [1.29, 1.82) is 0 Å². The molecule has 0 aliphatic heterocycles. The first kappa shape index (κ1) is 15.1. The van der Waals surface area contributed by atoms with Crippen molar-refractivity contribution in [2.24, 2.45) is 5.92 Å². The summed E-state index contributed by atoms with van der Waals surface area (Å²) in [5.41, 5.74) is -0.0428. The summed E-state index contributed by atoms with van der Waals surface area (Å²) in [7, 11) is 0. The summed E-state index contributed by atoms with van der Waals surface area (Å²) in [6.45, 7) is 4.90. The van der Waals surface area contributed by atoms with E-state index in [9.17, 15) is 9.90 Å². The van der Waals surface area contributed by atoms with Crippen molar-refractivity contribution in [2.45, 2.75) is 13.8 Å². The summed E-state index contributed by atoms with van der Waals surface area (Å²) in [4.78, 5) is 14.4. The number of carbonyl (C=O) groups is 1. The molecule has 0 aliphatic carbocycles. The molecule has 1 aromatic rings. The van der Waals surface area contributed by atoms with Crippen molar-refractivity contribution < 1.29 is 61.3 Å². The molecule has 4 nitrogen and oxygen atoms in total. The third-order valence-corrected chi connectivity index (χ3v) is 1.65. The maximum absolute atomic E-state index is 10.5. The topological polar surface area (TPSA) is 65.0 Å². The molecule has 0 atom stereocenters. The van der Waals surface area contributed by atoms with Gasteiger partial charge in [-0.2, -0.15) is 0 Å². The van der Waals surface area contributed by atoms with Gasteiger partial charge in [-0.25, -0.2) is 4.98 Å². The second-order valence-electron chi connectivity index (χ2n) is 3.47. The molecule has 0 spiro atoms. The Morgan fingerprint density at radius 3 is 2.73 bits per heavy atom. The number of carboxylic acid groups (broad SMARTS) is 1. The van der Waals surface area contributed by atoms with Crippen LogP contribution in [0.15, 0.2) is 18.2 Å². The maximum atomic E-state index is 10.5.